The van der Waals surface area contributed by atoms with Crippen LogP contribution in [0.25, 0.3) is 0 Å². The molecule has 0 N–H and O–H groups in total. The molecular weight excluding hydrogens is 383 g/mol. The third kappa shape index (κ3) is 4.51. The van der Waals surface area contributed by atoms with Crippen molar-refractivity contribution in [3.8, 4) is 0 Å². The number of halogens is 1. The Balaban J connectivity index is 1.41. The maximum Gasteiger partial charge on any atom is 0.326 e. The van der Waals surface area contributed by atoms with Crippen molar-refractivity contribution in [1.82, 2.24) is 14.9 Å². The first kappa shape index (κ1) is 19.7. The van der Waals surface area contributed by atoms with Gasteiger partial charge >= 0.3 is 6.03 Å². The van der Waals surface area contributed by atoms with Crippen molar-refractivity contribution in [3.63, 3.8) is 0 Å². The summed E-state index contributed by atoms with van der Waals surface area (Å²) in [6.07, 6.45) is 4.16. The van der Waals surface area contributed by atoms with Crippen LogP contribution in [0.15, 0.2) is 67.0 Å². The largest absolute Gasteiger partial charge is 0.326 e. The van der Waals surface area contributed by atoms with Gasteiger partial charge in [0.15, 0.2) is 5.78 Å². The van der Waals surface area contributed by atoms with E-state index in [4.69, 9.17) is 0 Å². The molecule has 2 aromatic heterocycles. The lowest BCUT2D eigenvalue weighted by Gasteiger charge is -2.18. The molecule has 0 aliphatic carbocycles. The molecule has 1 fully saturated rings. The molecule has 0 bridgehead atoms. The van der Waals surface area contributed by atoms with E-state index in [1.165, 1.54) is 12.1 Å². The van der Waals surface area contributed by atoms with E-state index in [1.54, 1.807) is 46.5 Å². The molecule has 1 aliphatic heterocycles. The van der Waals surface area contributed by atoms with Crippen molar-refractivity contribution < 1.29 is 14.0 Å². The fraction of sp³-hybridized carbons (Fsp3) is 0.217. The van der Waals surface area contributed by atoms with Crippen molar-refractivity contribution >= 4 is 17.6 Å². The lowest BCUT2D eigenvalue weighted by Crippen LogP contribution is -2.32. The predicted octanol–water partition coefficient (Wildman–Crippen LogP) is 3.87. The molecule has 0 unspecified atom stereocenters. The van der Waals surface area contributed by atoms with Crippen LogP contribution >= 0.6 is 0 Å². The highest BCUT2D eigenvalue weighted by atomic mass is 19.1. The van der Waals surface area contributed by atoms with E-state index < -0.39 is 0 Å². The number of pyridine rings is 2. The number of anilines is 1. The Bertz CT molecular complexity index is 1040. The number of rotatable bonds is 7. The topological polar surface area (TPSA) is 66.4 Å². The number of carbonyl (C=O) groups excluding carboxylic acids is 2. The van der Waals surface area contributed by atoms with Gasteiger partial charge in [-0.25, -0.2) is 14.2 Å². The number of ketones is 1. The molecule has 7 heteroatoms. The lowest BCUT2D eigenvalue weighted by atomic mass is 10.1. The summed E-state index contributed by atoms with van der Waals surface area (Å²) < 4.78 is 13.1. The van der Waals surface area contributed by atoms with Crippen molar-refractivity contribution in [2.24, 2.45) is 0 Å². The molecule has 3 heterocycles. The van der Waals surface area contributed by atoms with E-state index in [9.17, 15) is 14.0 Å². The number of hydrogen-bond acceptors (Lipinski definition) is 4. The fourth-order valence-electron chi connectivity index (χ4n) is 3.42. The standard InChI is InChI=1S/C23H21FN4O2/c24-19-6-4-17(5-7-19)16-27-13-14-28(23(27)30)22-15-18(10-12-26-22)21(29)9-8-20-3-1-2-11-25-20/h1-7,10-12,15H,8-9,13-14,16H2. The molecule has 3 aromatic rings. The highest BCUT2D eigenvalue weighted by Gasteiger charge is 2.30. The van der Waals surface area contributed by atoms with Crippen LogP contribution < -0.4 is 4.90 Å². The van der Waals surface area contributed by atoms with Gasteiger partial charge in [-0.2, -0.15) is 0 Å². The number of amides is 2. The Labute approximate surface area is 174 Å². The zero-order valence-corrected chi connectivity index (χ0v) is 16.4. The Hall–Kier alpha value is -3.61. The molecule has 1 saturated heterocycles. The van der Waals surface area contributed by atoms with Crippen LogP contribution in [0.2, 0.25) is 0 Å². The molecule has 30 heavy (non-hydrogen) atoms. The summed E-state index contributed by atoms with van der Waals surface area (Å²) in [7, 11) is 0. The van der Waals surface area contributed by atoms with E-state index in [0.717, 1.165) is 11.3 Å². The van der Waals surface area contributed by atoms with Crippen LogP contribution in [-0.4, -0.2) is 39.8 Å². The predicted molar refractivity (Wildman–Crippen MR) is 111 cm³/mol. The minimum absolute atomic E-state index is 0.0147. The number of hydrogen-bond donors (Lipinski definition) is 0. The van der Waals surface area contributed by atoms with Crippen LogP contribution in [0.3, 0.4) is 0 Å². The second-order valence-corrected chi connectivity index (χ2v) is 7.13. The van der Waals surface area contributed by atoms with E-state index in [0.29, 0.717) is 43.9 Å². The molecule has 4 rings (SSSR count). The summed E-state index contributed by atoms with van der Waals surface area (Å²) in [4.78, 5) is 37.2. The van der Waals surface area contributed by atoms with Crippen molar-refractivity contribution in [1.29, 1.82) is 0 Å². The second-order valence-electron chi connectivity index (χ2n) is 7.13. The normalized spacial score (nSPS) is 13.7. The molecule has 0 radical (unpaired) electrons. The first-order valence-corrected chi connectivity index (χ1v) is 9.80. The van der Waals surface area contributed by atoms with Crippen LogP contribution in [-0.2, 0) is 13.0 Å². The van der Waals surface area contributed by atoms with Crippen LogP contribution in [0.5, 0.6) is 0 Å². The number of carbonyl (C=O) groups is 2. The minimum Gasteiger partial charge on any atom is -0.318 e. The molecule has 1 aliphatic rings. The zero-order valence-electron chi connectivity index (χ0n) is 16.4. The van der Waals surface area contributed by atoms with Gasteiger partial charge in [0.05, 0.1) is 0 Å². The van der Waals surface area contributed by atoms with E-state index in [-0.39, 0.29) is 17.6 Å². The van der Waals surface area contributed by atoms with Gasteiger partial charge in [0.1, 0.15) is 11.6 Å². The highest BCUT2D eigenvalue weighted by Crippen LogP contribution is 2.21. The maximum atomic E-state index is 13.1. The molecule has 0 atom stereocenters. The molecule has 0 spiro atoms. The summed E-state index contributed by atoms with van der Waals surface area (Å²) in [6.45, 7) is 1.42. The number of urea groups is 1. The fourth-order valence-corrected chi connectivity index (χ4v) is 3.42. The van der Waals surface area contributed by atoms with Gasteiger partial charge in [-0.1, -0.05) is 18.2 Å². The smallest absolute Gasteiger partial charge is 0.318 e. The van der Waals surface area contributed by atoms with Gasteiger partial charge in [-0.3, -0.25) is 14.7 Å². The molecule has 6 nitrogen and oxygen atoms in total. The van der Waals surface area contributed by atoms with Crippen molar-refractivity contribution in [2.75, 3.05) is 18.0 Å². The van der Waals surface area contributed by atoms with Crippen LogP contribution in [0, 0.1) is 5.82 Å². The lowest BCUT2D eigenvalue weighted by molar-refractivity contribution is 0.0982. The van der Waals surface area contributed by atoms with Crippen molar-refractivity contribution in [2.45, 2.75) is 19.4 Å². The number of Topliss-reactive ketones (excluding diaryl/α,β-unsaturated/α-hetero) is 1. The van der Waals surface area contributed by atoms with E-state index >= 15 is 0 Å². The average molecular weight is 404 g/mol. The maximum absolute atomic E-state index is 13.1. The van der Waals surface area contributed by atoms with Gasteiger partial charge in [-0.15, -0.1) is 0 Å². The van der Waals surface area contributed by atoms with Gasteiger partial charge < -0.3 is 4.90 Å². The second kappa shape index (κ2) is 8.82. The number of nitrogens with zero attached hydrogens (tertiary/aromatic N) is 4. The monoisotopic (exact) mass is 404 g/mol. The first-order chi connectivity index (χ1) is 14.6. The quantitative estimate of drug-likeness (QED) is 0.561. The molecular formula is C23H21FN4O2. The third-order valence-corrected chi connectivity index (χ3v) is 5.06. The Morgan fingerprint density at radius 1 is 1.00 bits per heavy atom. The van der Waals surface area contributed by atoms with Gasteiger partial charge in [0, 0.05) is 49.7 Å². The first-order valence-electron chi connectivity index (χ1n) is 9.80. The number of benzene rings is 1. The van der Waals surface area contributed by atoms with Crippen molar-refractivity contribution in [3.05, 3.63) is 89.6 Å². The van der Waals surface area contributed by atoms with Gasteiger partial charge in [0.25, 0.3) is 0 Å². The van der Waals surface area contributed by atoms with E-state index in [2.05, 4.69) is 9.97 Å². The molecule has 1 aromatic carbocycles. The molecule has 2 amide bonds. The molecule has 0 saturated carbocycles. The van der Waals surface area contributed by atoms with E-state index in [1.807, 2.05) is 18.2 Å². The summed E-state index contributed by atoms with van der Waals surface area (Å²) in [5, 5.41) is 0. The Morgan fingerprint density at radius 3 is 2.60 bits per heavy atom. The Kier molecular flexibility index (Phi) is 5.79. The van der Waals surface area contributed by atoms with Crippen LogP contribution in [0.1, 0.15) is 28.0 Å². The highest BCUT2D eigenvalue weighted by molar-refractivity contribution is 5.98. The SMILES string of the molecule is O=C(CCc1ccccn1)c1ccnc(N2CCN(Cc3ccc(F)cc3)C2=O)c1. The third-order valence-electron chi connectivity index (χ3n) is 5.06. The van der Waals surface area contributed by atoms with Crippen LogP contribution in [0.4, 0.5) is 15.0 Å². The summed E-state index contributed by atoms with van der Waals surface area (Å²) in [5.74, 6) is 0.145. The number of aromatic nitrogens is 2. The Morgan fingerprint density at radius 2 is 1.83 bits per heavy atom. The average Bonchev–Trinajstić information content (AvgIpc) is 3.14. The summed E-state index contributed by atoms with van der Waals surface area (Å²) in [6, 6.07) is 14.9. The number of aryl methyl sites for hydroxylation is 1. The van der Waals surface area contributed by atoms with Gasteiger partial charge in [-0.05, 0) is 48.4 Å². The van der Waals surface area contributed by atoms with Gasteiger partial charge in [0.2, 0.25) is 0 Å². The summed E-state index contributed by atoms with van der Waals surface area (Å²) in [5.41, 5.74) is 2.25. The minimum atomic E-state index is -0.304. The summed E-state index contributed by atoms with van der Waals surface area (Å²) >= 11 is 0. The molecule has 152 valence electrons. The zero-order chi connectivity index (χ0) is 20.9.